The highest BCUT2D eigenvalue weighted by Crippen LogP contribution is 2.24. The van der Waals surface area contributed by atoms with Gasteiger partial charge < -0.3 is 5.32 Å². The van der Waals surface area contributed by atoms with Gasteiger partial charge in [0.2, 0.25) is 0 Å². The van der Waals surface area contributed by atoms with Crippen LogP contribution in [0.4, 0.5) is 23.2 Å². The summed E-state index contributed by atoms with van der Waals surface area (Å²) in [4.78, 5) is 10.6. The van der Waals surface area contributed by atoms with Crippen LogP contribution in [0, 0.1) is 19.7 Å². The molecular formula is C10H9F4NO. The van der Waals surface area contributed by atoms with E-state index in [1.165, 1.54) is 18.3 Å². The van der Waals surface area contributed by atoms with Gasteiger partial charge in [0.05, 0.1) is 5.69 Å². The Morgan fingerprint density at radius 3 is 2.25 bits per heavy atom. The van der Waals surface area contributed by atoms with Crippen LogP contribution in [0.25, 0.3) is 0 Å². The summed E-state index contributed by atoms with van der Waals surface area (Å²) in [7, 11) is 0. The van der Waals surface area contributed by atoms with Crippen molar-refractivity contribution in [2.45, 2.75) is 20.0 Å². The first kappa shape index (κ1) is 12.5. The lowest BCUT2D eigenvalue weighted by atomic mass is 10.1. The Balaban J connectivity index is 3.03. The number of alkyl halides is 3. The second-order valence-corrected chi connectivity index (χ2v) is 3.39. The highest BCUT2D eigenvalue weighted by molar-refractivity contribution is 5.95. The van der Waals surface area contributed by atoms with Crippen molar-refractivity contribution in [1.29, 1.82) is 0 Å². The molecule has 1 aromatic carbocycles. The molecule has 0 atom stereocenters. The topological polar surface area (TPSA) is 29.1 Å². The molecule has 0 saturated carbocycles. The summed E-state index contributed by atoms with van der Waals surface area (Å²) in [6.07, 6.45) is -5.02. The van der Waals surface area contributed by atoms with Gasteiger partial charge in [-0.3, -0.25) is 4.79 Å². The van der Waals surface area contributed by atoms with Gasteiger partial charge in [-0.25, -0.2) is 4.39 Å². The lowest BCUT2D eigenvalue weighted by molar-refractivity contribution is -0.167. The number of aryl methyl sites for hydroxylation is 2. The molecule has 1 N–H and O–H groups in total. The summed E-state index contributed by atoms with van der Waals surface area (Å²) in [5.41, 5.74) is 0.378. The van der Waals surface area contributed by atoms with Crippen LogP contribution in [-0.2, 0) is 4.79 Å². The predicted molar refractivity (Wildman–Crippen MR) is 50.6 cm³/mol. The van der Waals surface area contributed by atoms with E-state index < -0.39 is 23.6 Å². The zero-order valence-electron chi connectivity index (χ0n) is 8.57. The highest BCUT2D eigenvalue weighted by Gasteiger charge is 2.39. The Labute approximate surface area is 89.3 Å². The fourth-order valence-corrected chi connectivity index (χ4v) is 1.26. The van der Waals surface area contributed by atoms with Crippen molar-refractivity contribution in [3.63, 3.8) is 0 Å². The number of hydrogen-bond donors (Lipinski definition) is 1. The van der Waals surface area contributed by atoms with Crippen LogP contribution in [0.2, 0.25) is 0 Å². The first-order chi connectivity index (χ1) is 7.21. The minimum Gasteiger partial charge on any atom is -0.315 e. The van der Waals surface area contributed by atoms with Crippen molar-refractivity contribution in [1.82, 2.24) is 0 Å². The van der Waals surface area contributed by atoms with E-state index in [4.69, 9.17) is 0 Å². The molecule has 88 valence electrons. The molecule has 6 heteroatoms. The third-order valence-electron chi connectivity index (χ3n) is 1.93. The number of nitrogens with one attached hydrogen (secondary N) is 1. The number of benzene rings is 1. The normalized spacial score (nSPS) is 11.4. The van der Waals surface area contributed by atoms with Crippen molar-refractivity contribution in [2.75, 3.05) is 5.32 Å². The van der Waals surface area contributed by atoms with Crippen LogP contribution in [0.15, 0.2) is 12.1 Å². The van der Waals surface area contributed by atoms with E-state index in [1.54, 1.807) is 6.92 Å². The predicted octanol–water partition coefficient (Wildman–Crippen LogP) is 2.94. The van der Waals surface area contributed by atoms with Crippen LogP contribution in [0.5, 0.6) is 0 Å². The molecule has 0 spiro atoms. The zero-order chi connectivity index (χ0) is 12.5. The minimum atomic E-state index is -5.02. The molecule has 0 aromatic heterocycles. The molecule has 0 saturated heterocycles. The maximum absolute atomic E-state index is 13.3. The van der Waals surface area contributed by atoms with E-state index >= 15 is 0 Å². The van der Waals surface area contributed by atoms with E-state index in [0.717, 1.165) is 6.07 Å². The smallest absolute Gasteiger partial charge is 0.315 e. The Morgan fingerprint density at radius 1 is 1.25 bits per heavy atom. The molecule has 0 radical (unpaired) electrons. The van der Waals surface area contributed by atoms with Gasteiger partial charge in [-0.05, 0) is 31.0 Å². The van der Waals surface area contributed by atoms with Gasteiger partial charge >= 0.3 is 12.1 Å². The molecular weight excluding hydrogens is 226 g/mol. The Hall–Kier alpha value is -1.59. The Bertz CT molecular complexity index is 402. The number of hydrogen-bond acceptors (Lipinski definition) is 1. The van der Waals surface area contributed by atoms with Crippen molar-refractivity contribution in [3.05, 3.63) is 29.1 Å². The van der Waals surface area contributed by atoms with Crippen molar-refractivity contribution < 1.29 is 22.4 Å². The molecule has 0 aliphatic rings. The highest BCUT2D eigenvalue weighted by atomic mass is 19.4. The molecule has 1 aromatic rings. The SMILES string of the molecule is Cc1cc(C)c(NC(=O)C(F)(F)F)c(F)c1. The first-order valence-corrected chi connectivity index (χ1v) is 4.36. The van der Waals surface area contributed by atoms with E-state index in [2.05, 4.69) is 0 Å². The molecule has 0 fully saturated rings. The number of anilines is 1. The Kier molecular flexibility index (Phi) is 3.21. The largest absolute Gasteiger partial charge is 0.471 e. The number of halogens is 4. The lowest BCUT2D eigenvalue weighted by Gasteiger charge is -2.11. The summed E-state index contributed by atoms with van der Waals surface area (Å²) in [6, 6.07) is 2.54. The molecule has 0 heterocycles. The lowest BCUT2D eigenvalue weighted by Crippen LogP contribution is -2.30. The van der Waals surface area contributed by atoms with Gasteiger partial charge in [-0.15, -0.1) is 0 Å². The van der Waals surface area contributed by atoms with Crippen LogP contribution in [0.3, 0.4) is 0 Å². The van der Waals surface area contributed by atoms with E-state index in [9.17, 15) is 22.4 Å². The summed E-state index contributed by atoms with van der Waals surface area (Å²) in [5, 5.41) is 1.51. The minimum absolute atomic E-state index is 0.245. The van der Waals surface area contributed by atoms with Crippen molar-refractivity contribution >= 4 is 11.6 Å². The standard InChI is InChI=1S/C10H9F4NO/c1-5-3-6(2)8(7(11)4-5)15-9(16)10(12,13)14/h3-4H,1-2H3,(H,15,16). The van der Waals surface area contributed by atoms with Crippen LogP contribution in [-0.4, -0.2) is 12.1 Å². The first-order valence-electron chi connectivity index (χ1n) is 4.36. The quantitative estimate of drug-likeness (QED) is 0.745. The fraction of sp³-hybridized carbons (Fsp3) is 0.300. The average Bonchev–Trinajstić information content (AvgIpc) is 2.08. The molecule has 0 bridgehead atoms. The molecule has 1 amide bonds. The molecule has 0 aliphatic carbocycles. The number of amides is 1. The molecule has 0 unspecified atom stereocenters. The maximum Gasteiger partial charge on any atom is 0.471 e. The van der Waals surface area contributed by atoms with Gasteiger partial charge in [-0.1, -0.05) is 6.07 Å². The van der Waals surface area contributed by atoms with Crippen molar-refractivity contribution in [3.8, 4) is 0 Å². The number of carbonyl (C=O) groups excluding carboxylic acids is 1. The number of rotatable bonds is 1. The molecule has 16 heavy (non-hydrogen) atoms. The average molecular weight is 235 g/mol. The second-order valence-electron chi connectivity index (χ2n) is 3.39. The van der Waals surface area contributed by atoms with Gasteiger partial charge in [0, 0.05) is 0 Å². The van der Waals surface area contributed by atoms with Crippen LogP contribution in [0.1, 0.15) is 11.1 Å². The Morgan fingerprint density at radius 2 is 1.81 bits per heavy atom. The van der Waals surface area contributed by atoms with Gasteiger partial charge in [0.25, 0.3) is 0 Å². The third kappa shape index (κ3) is 2.71. The zero-order valence-corrected chi connectivity index (χ0v) is 8.57. The van der Waals surface area contributed by atoms with E-state index in [0.29, 0.717) is 5.56 Å². The van der Waals surface area contributed by atoms with Crippen LogP contribution < -0.4 is 5.32 Å². The molecule has 2 nitrogen and oxygen atoms in total. The fourth-order valence-electron chi connectivity index (χ4n) is 1.26. The van der Waals surface area contributed by atoms with E-state index in [-0.39, 0.29) is 5.56 Å². The van der Waals surface area contributed by atoms with E-state index in [1.807, 2.05) is 0 Å². The van der Waals surface area contributed by atoms with Gasteiger partial charge in [-0.2, -0.15) is 13.2 Å². The summed E-state index contributed by atoms with van der Waals surface area (Å²) in [6.45, 7) is 3.02. The number of carbonyl (C=O) groups is 1. The second kappa shape index (κ2) is 4.11. The maximum atomic E-state index is 13.3. The molecule has 0 aliphatic heterocycles. The van der Waals surface area contributed by atoms with Gasteiger partial charge in [0.1, 0.15) is 5.82 Å². The van der Waals surface area contributed by atoms with Gasteiger partial charge in [0.15, 0.2) is 0 Å². The van der Waals surface area contributed by atoms with Crippen LogP contribution >= 0.6 is 0 Å². The monoisotopic (exact) mass is 235 g/mol. The third-order valence-corrected chi connectivity index (χ3v) is 1.93. The molecule has 1 rings (SSSR count). The van der Waals surface area contributed by atoms with Crippen molar-refractivity contribution in [2.24, 2.45) is 0 Å². The summed E-state index contributed by atoms with van der Waals surface area (Å²) in [5.74, 6) is -3.06. The summed E-state index contributed by atoms with van der Waals surface area (Å²) >= 11 is 0. The summed E-state index contributed by atoms with van der Waals surface area (Å²) < 4.78 is 49.1.